The normalized spacial score (nSPS) is 10.7. The zero-order valence-electron chi connectivity index (χ0n) is 15.0. The fourth-order valence-corrected chi connectivity index (χ4v) is 3.71. The fraction of sp³-hybridized carbons (Fsp3) is 0.136. The van der Waals surface area contributed by atoms with Gasteiger partial charge in [0, 0.05) is 23.5 Å². The van der Waals surface area contributed by atoms with Crippen molar-refractivity contribution in [2.24, 2.45) is 0 Å². The van der Waals surface area contributed by atoms with Gasteiger partial charge >= 0.3 is 5.97 Å². The van der Waals surface area contributed by atoms with Crippen molar-refractivity contribution in [3.8, 4) is 5.75 Å². The van der Waals surface area contributed by atoms with Crippen LogP contribution in [0.25, 0.3) is 0 Å². The van der Waals surface area contributed by atoms with Gasteiger partial charge in [0.05, 0.1) is 12.7 Å². The quantitative estimate of drug-likeness (QED) is 0.552. The molecule has 0 aliphatic carbocycles. The molecule has 3 aromatic rings. The van der Waals surface area contributed by atoms with Crippen LogP contribution in [0.3, 0.4) is 0 Å². The van der Waals surface area contributed by atoms with Gasteiger partial charge in [-0.1, -0.05) is 48.5 Å². The number of hydrogen-bond donors (Lipinski definition) is 1. The van der Waals surface area contributed by atoms with Crippen molar-refractivity contribution in [3.05, 3.63) is 95.6 Å². The molecule has 0 bridgehead atoms. The molecule has 0 saturated heterocycles. The van der Waals surface area contributed by atoms with Crippen molar-refractivity contribution in [2.75, 3.05) is 7.11 Å². The van der Waals surface area contributed by atoms with Gasteiger partial charge < -0.3 is 9.84 Å². The maximum Gasteiger partial charge on any atom is 0.335 e. The van der Waals surface area contributed by atoms with E-state index in [0.29, 0.717) is 12.1 Å². The highest BCUT2D eigenvalue weighted by Crippen LogP contribution is 2.29. The number of hydrogen-bond acceptors (Lipinski definition) is 4. The van der Waals surface area contributed by atoms with E-state index < -0.39 is 5.97 Å². The first-order chi connectivity index (χ1) is 13.2. The molecule has 0 heterocycles. The highest BCUT2D eigenvalue weighted by Gasteiger charge is 2.13. The van der Waals surface area contributed by atoms with Crippen LogP contribution in [0.1, 0.15) is 21.5 Å². The standard InChI is InChI=1S/C22H21NO3S/c1-26-21-10-6-5-9-19(21)16-23(15-17-7-3-2-4-8-17)27-20-13-11-18(12-14-20)22(24)25/h2-14H,15-16H2,1H3,(H,24,25). The van der Waals surface area contributed by atoms with E-state index in [1.54, 1.807) is 31.2 Å². The van der Waals surface area contributed by atoms with Gasteiger partial charge in [0.1, 0.15) is 5.75 Å². The monoisotopic (exact) mass is 379 g/mol. The minimum absolute atomic E-state index is 0.290. The third kappa shape index (κ3) is 5.36. The summed E-state index contributed by atoms with van der Waals surface area (Å²) in [6.45, 7) is 1.45. The smallest absolute Gasteiger partial charge is 0.335 e. The van der Waals surface area contributed by atoms with E-state index in [4.69, 9.17) is 9.84 Å². The molecule has 0 amide bonds. The highest BCUT2D eigenvalue weighted by atomic mass is 32.2. The molecule has 0 saturated carbocycles. The third-order valence-electron chi connectivity index (χ3n) is 4.08. The molecule has 3 rings (SSSR count). The Hall–Kier alpha value is -2.76. The zero-order chi connectivity index (χ0) is 19.1. The number of nitrogens with zero attached hydrogens (tertiary/aromatic N) is 1. The van der Waals surface area contributed by atoms with E-state index in [1.807, 2.05) is 48.5 Å². The summed E-state index contributed by atoms with van der Waals surface area (Å²) in [5, 5.41) is 9.07. The van der Waals surface area contributed by atoms with Crippen molar-refractivity contribution in [1.29, 1.82) is 0 Å². The number of rotatable bonds is 8. The fourth-order valence-electron chi connectivity index (χ4n) is 2.74. The Bertz CT molecular complexity index is 882. The number of carboxylic acids is 1. The molecule has 5 heteroatoms. The van der Waals surface area contributed by atoms with Gasteiger partial charge in [-0.15, -0.1) is 0 Å². The molecule has 3 aromatic carbocycles. The lowest BCUT2D eigenvalue weighted by atomic mass is 10.2. The van der Waals surface area contributed by atoms with Crippen LogP contribution in [0, 0.1) is 0 Å². The van der Waals surface area contributed by atoms with E-state index in [2.05, 4.69) is 22.5 Å². The molecule has 0 fully saturated rings. The van der Waals surface area contributed by atoms with Crippen LogP contribution < -0.4 is 4.74 Å². The molecule has 0 unspecified atom stereocenters. The Morgan fingerprint density at radius 2 is 1.59 bits per heavy atom. The van der Waals surface area contributed by atoms with Crippen molar-refractivity contribution < 1.29 is 14.6 Å². The molecule has 1 N–H and O–H groups in total. The lowest BCUT2D eigenvalue weighted by molar-refractivity contribution is 0.0697. The topological polar surface area (TPSA) is 49.8 Å². The van der Waals surface area contributed by atoms with E-state index in [-0.39, 0.29) is 0 Å². The van der Waals surface area contributed by atoms with Gasteiger partial charge in [0.15, 0.2) is 0 Å². The molecule has 27 heavy (non-hydrogen) atoms. The van der Waals surface area contributed by atoms with Crippen LogP contribution in [0.4, 0.5) is 0 Å². The highest BCUT2D eigenvalue weighted by molar-refractivity contribution is 7.97. The molecule has 4 nitrogen and oxygen atoms in total. The SMILES string of the molecule is COc1ccccc1CN(Cc1ccccc1)Sc1ccc(C(=O)O)cc1. The lowest BCUT2D eigenvalue weighted by Crippen LogP contribution is -2.15. The van der Waals surface area contributed by atoms with Crippen LogP contribution in [0.15, 0.2) is 83.8 Å². The first kappa shape index (κ1) is 19.0. The Labute approximate surface area is 163 Å². The maximum atomic E-state index is 11.1. The largest absolute Gasteiger partial charge is 0.496 e. The molecule has 0 atom stereocenters. The molecular weight excluding hydrogens is 358 g/mol. The van der Waals surface area contributed by atoms with Gasteiger partial charge in [-0.25, -0.2) is 9.10 Å². The second-order valence-electron chi connectivity index (χ2n) is 6.02. The molecular formula is C22H21NO3S. The molecule has 138 valence electrons. The van der Waals surface area contributed by atoms with Crippen LogP contribution in [-0.2, 0) is 13.1 Å². The number of aromatic carboxylic acids is 1. The number of ether oxygens (including phenoxy) is 1. The van der Waals surface area contributed by atoms with Crippen molar-refractivity contribution >= 4 is 17.9 Å². The van der Waals surface area contributed by atoms with Crippen LogP contribution in [0.2, 0.25) is 0 Å². The summed E-state index contributed by atoms with van der Waals surface area (Å²) in [5.74, 6) is -0.0564. The molecule has 0 aliphatic heterocycles. The summed E-state index contributed by atoms with van der Waals surface area (Å²) in [6.07, 6.45) is 0. The average Bonchev–Trinajstić information content (AvgIpc) is 2.69. The Kier molecular flexibility index (Phi) is 6.52. The summed E-state index contributed by atoms with van der Waals surface area (Å²) >= 11 is 1.60. The molecule has 0 radical (unpaired) electrons. The molecule has 0 aromatic heterocycles. The summed E-state index contributed by atoms with van der Waals surface area (Å²) in [4.78, 5) is 12.0. The van der Waals surface area contributed by atoms with E-state index in [9.17, 15) is 4.79 Å². The Morgan fingerprint density at radius 1 is 0.926 bits per heavy atom. The number of methoxy groups -OCH3 is 1. The van der Waals surface area contributed by atoms with Crippen molar-refractivity contribution in [2.45, 2.75) is 18.0 Å². The van der Waals surface area contributed by atoms with Crippen LogP contribution in [-0.4, -0.2) is 22.5 Å². The maximum absolute atomic E-state index is 11.1. The van der Waals surface area contributed by atoms with E-state index in [0.717, 1.165) is 22.8 Å². The number of carboxylic acid groups (broad SMARTS) is 1. The van der Waals surface area contributed by atoms with Crippen LogP contribution >= 0.6 is 11.9 Å². The second-order valence-corrected chi connectivity index (χ2v) is 7.19. The van der Waals surface area contributed by atoms with Crippen molar-refractivity contribution in [3.63, 3.8) is 0 Å². The van der Waals surface area contributed by atoms with Gasteiger partial charge in [0.2, 0.25) is 0 Å². The minimum Gasteiger partial charge on any atom is -0.496 e. The summed E-state index contributed by atoms with van der Waals surface area (Å²) in [6, 6.07) is 25.2. The number of para-hydroxylation sites is 1. The predicted octanol–water partition coefficient (Wildman–Crippen LogP) is 5.10. The van der Waals surface area contributed by atoms with Gasteiger partial charge in [-0.3, -0.25) is 0 Å². The summed E-state index contributed by atoms with van der Waals surface area (Å²) in [7, 11) is 1.68. The first-order valence-electron chi connectivity index (χ1n) is 8.58. The Balaban J connectivity index is 1.81. The van der Waals surface area contributed by atoms with Gasteiger partial charge in [-0.2, -0.15) is 0 Å². The predicted molar refractivity (Wildman–Crippen MR) is 108 cm³/mol. The first-order valence-corrected chi connectivity index (χ1v) is 9.35. The lowest BCUT2D eigenvalue weighted by Gasteiger charge is -2.22. The molecule has 0 aliphatic rings. The summed E-state index contributed by atoms with van der Waals surface area (Å²) in [5.41, 5.74) is 2.60. The number of benzene rings is 3. The minimum atomic E-state index is -0.915. The average molecular weight is 379 g/mol. The summed E-state index contributed by atoms with van der Waals surface area (Å²) < 4.78 is 7.73. The van der Waals surface area contributed by atoms with E-state index >= 15 is 0 Å². The van der Waals surface area contributed by atoms with E-state index in [1.165, 1.54) is 5.56 Å². The number of carbonyl (C=O) groups is 1. The van der Waals surface area contributed by atoms with Crippen LogP contribution in [0.5, 0.6) is 5.75 Å². The second kappa shape index (κ2) is 9.26. The zero-order valence-corrected chi connectivity index (χ0v) is 15.9. The van der Waals surface area contributed by atoms with Crippen molar-refractivity contribution in [1.82, 2.24) is 4.31 Å². The van der Waals surface area contributed by atoms with Gasteiger partial charge in [-0.05, 0) is 47.8 Å². The third-order valence-corrected chi connectivity index (χ3v) is 5.08. The Morgan fingerprint density at radius 3 is 2.26 bits per heavy atom. The van der Waals surface area contributed by atoms with Gasteiger partial charge in [0.25, 0.3) is 0 Å². The molecule has 0 spiro atoms.